The van der Waals surface area contributed by atoms with Crippen LogP contribution in [-0.4, -0.2) is 107 Å². The number of hydrogen-bond donors (Lipinski definition) is 4. The van der Waals surface area contributed by atoms with Gasteiger partial charge in [0.25, 0.3) is 0 Å². The maximum atomic E-state index is 13.8. The number of rotatable bonds is 14. The molecule has 0 aliphatic carbocycles. The van der Waals surface area contributed by atoms with Crippen molar-refractivity contribution in [1.29, 1.82) is 0 Å². The molecule has 2 aromatic rings. The van der Waals surface area contributed by atoms with E-state index in [9.17, 15) is 33.9 Å². The average Bonchev–Trinajstić information content (AvgIpc) is 3.78. The number of amides is 5. The first kappa shape index (κ1) is 37.8. The molecule has 270 valence electrons. The van der Waals surface area contributed by atoms with Gasteiger partial charge in [-0.15, -0.1) is 0 Å². The molecule has 0 spiro atoms. The highest BCUT2D eigenvalue weighted by Crippen LogP contribution is 2.21. The Morgan fingerprint density at radius 1 is 0.820 bits per heavy atom. The fraction of sp³-hybridized carbons (Fsp3) is 0.500. The smallest absolute Gasteiger partial charge is 0.410 e. The van der Waals surface area contributed by atoms with Crippen LogP contribution in [0.2, 0.25) is 0 Å². The predicted molar refractivity (Wildman–Crippen MR) is 181 cm³/mol. The van der Waals surface area contributed by atoms with Gasteiger partial charge in [0.2, 0.25) is 23.6 Å². The molecule has 2 heterocycles. The van der Waals surface area contributed by atoms with Crippen LogP contribution in [0.4, 0.5) is 4.79 Å². The highest BCUT2D eigenvalue weighted by Gasteiger charge is 2.39. The number of benzene rings is 2. The summed E-state index contributed by atoms with van der Waals surface area (Å²) in [5.74, 6) is -3.60. The van der Waals surface area contributed by atoms with Crippen molar-refractivity contribution in [1.82, 2.24) is 25.8 Å². The molecule has 2 aromatic carbocycles. The van der Waals surface area contributed by atoms with Crippen LogP contribution in [-0.2, 0) is 46.5 Å². The Kier molecular flexibility index (Phi) is 13.3. The summed E-state index contributed by atoms with van der Waals surface area (Å²) in [6, 6.07) is 14.0. The monoisotopic (exact) mass is 693 g/mol. The van der Waals surface area contributed by atoms with Crippen LogP contribution in [0.15, 0.2) is 60.7 Å². The number of carboxylic acids is 1. The molecule has 0 radical (unpaired) electrons. The first-order valence-corrected chi connectivity index (χ1v) is 16.9. The minimum absolute atomic E-state index is 0.0641. The van der Waals surface area contributed by atoms with Gasteiger partial charge in [-0.2, -0.15) is 0 Å². The summed E-state index contributed by atoms with van der Waals surface area (Å²) in [5, 5.41) is 17.6. The van der Waals surface area contributed by atoms with Crippen LogP contribution in [0.25, 0.3) is 0 Å². The lowest BCUT2D eigenvalue weighted by Crippen LogP contribution is -2.58. The van der Waals surface area contributed by atoms with Crippen molar-refractivity contribution in [2.75, 3.05) is 26.2 Å². The van der Waals surface area contributed by atoms with Crippen LogP contribution in [0.5, 0.6) is 0 Å². The molecule has 2 aliphatic rings. The van der Waals surface area contributed by atoms with Gasteiger partial charge < -0.3 is 35.4 Å². The number of nitrogens with zero attached hydrogens (tertiary/aromatic N) is 2. The lowest BCUT2D eigenvalue weighted by molar-refractivity contribution is -0.150. The summed E-state index contributed by atoms with van der Waals surface area (Å²) < 4.78 is 11.2. The molecular weight excluding hydrogens is 646 g/mol. The maximum absolute atomic E-state index is 13.8. The lowest BCUT2D eigenvalue weighted by Gasteiger charge is -2.29. The number of carboxylic acid groups (broad SMARTS) is 1. The molecule has 4 atom stereocenters. The summed E-state index contributed by atoms with van der Waals surface area (Å²) in [5.41, 5.74) is 0.835. The van der Waals surface area contributed by atoms with E-state index in [2.05, 4.69) is 16.0 Å². The van der Waals surface area contributed by atoms with E-state index < -0.39 is 72.0 Å². The van der Waals surface area contributed by atoms with E-state index in [-0.39, 0.29) is 26.2 Å². The number of ether oxygens (including phenoxy) is 2. The third-order valence-electron chi connectivity index (χ3n) is 8.37. The molecule has 0 aromatic heterocycles. The van der Waals surface area contributed by atoms with E-state index in [1.165, 1.54) is 9.80 Å². The third kappa shape index (κ3) is 11.0. The quantitative estimate of drug-likeness (QED) is 0.230. The molecule has 0 saturated carbocycles. The zero-order valence-corrected chi connectivity index (χ0v) is 28.8. The van der Waals surface area contributed by atoms with Gasteiger partial charge in [0, 0.05) is 19.5 Å². The van der Waals surface area contributed by atoms with Crippen LogP contribution >= 0.6 is 0 Å². The number of aliphatic carboxylic acids is 1. The van der Waals surface area contributed by atoms with E-state index >= 15 is 0 Å². The van der Waals surface area contributed by atoms with Crippen molar-refractivity contribution in [2.24, 2.45) is 0 Å². The molecule has 2 aliphatic heterocycles. The maximum Gasteiger partial charge on any atom is 0.410 e. The Morgan fingerprint density at radius 2 is 1.42 bits per heavy atom. The largest absolute Gasteiger partial charge is 0.480 e. The first-order chi connectivity index (χ1) is 23.8. The van der Waals surface area contributed by atoms with E-state index in [1.54, 1.807) is 45.0 Å². The average molecular weight is 694 g/mol. The zero-order chi connectivity index (χ0) is 36.3. The second-order valence-electron chi connectivity index (χ2n) is 13.4. The Bertz CT molecular complexity index is 1500. The van der Waals surface area contributed by atoms with Gasteiger partial charge in [-0.1, -0.05) is 60.7 Å². The minimum atomic E-state index is -1.23. The molecule has 5 amide bonds. The van der Waals surface area contributed by atoms with Crippen molar-refractivity contribution >= 4 is 35.7 Å². The van der Waals surface area contributed by atoms with Gasteiger partial charge in [-0.05, 0) is 57.6 Å². The van der Waals surface area contributed by atoms with Gasteiger partial charge in [-0.25, -0.2) is 9.59 Å². The first-order valence-electron chi connectivity index (χ1n) is 16.9. The van der Waals surface area contributed by atoms with E-state index in [0.717, 1.165) is 11.1 Å². The second-order valence-corrected chi connectivity index (χ2v) is 13.4. The molecule has 2 saturated heterocycles. The summed E-state index contributed by atoms with van der Waals surface area (Å²) in [6.45, 7) is 5.22. The highest BCUT2D eigenvalue weighted by molar-refractivity contribution is 5.95. The van der Waals surface area contributed by atoms with Crippen LogP contribution in [0.1, 0.15) is 57.6 Å². The topological polar surface area (TPSA) is 184 Å². The Labute approximate surface area is 291 Å². The van der Waals surface area contributed by atoms with Gasteiger partial charge in [0.1, 0.15) is 29.8 Å². The number of hydrogen-bond acceptors (Lipinski definition) is 8. The number of carbonyl (C=O) groups excluding carboxylic acids is 5. The Hall–Kier alpha value is -4.98. The molecular formula is C36H47N5O9. The molecule has 14 heteroatoms. The SMILES string of the molecule is CC(C)(C)OC(=O)N1CCC[C@@H]1C(=O)NCC(=O)N[C@@H](Cc1ccccc1)C(=O)N[C@@H](COCc1ccccc1)C(=O)N1CCC[C@@H]1C(=O)O. The molecule has 4 N–H and O–H groups in total. The molecule has 14 nitrogen and oxygen atoms in total. The molecule has 4 rings (SSSR count). The fourth-order valence-corrected chi connectivity index (χ4v) is 5.97. The number of nitrogens with one attached hydrogen (secondary N) is 3. The van der Waals surface area contributed by atoms with Gasteiger partial charge in [0.15, 0.2) is 0 Å². The van der Waals surface area contributed by atoms with Crippen LogP contribution in [0.3, 0.4) is 0 Å². The Balaban J connectivity index is 1.44. The summed E-state index contributed by atoms with van der Waals surface area (Å²) in [6.07, 6.45) is 1.26. The normalized spacial score (nSPS) is 18.5. The number of carbonyl (C=O) groups is 6. The third-order valence-corrected chi connectivity index (χ3v) is 8.37. The van der Waals surface area contributed by atoms with Crippen molar-refractivity contribution in [3.8, 4) is 0 Å². The standard InChI is InChI=1S/C36H47N5O9/c1-36(2,3)50-35(48)41-19-10-16-28(41)32(44)37-21-30(42)38-26(20-24-12-6-4-7-13-24)31(43)39-27(23-49-22-25-14-8-5-9-15-25)33(45)40-18-11-17-29(40)34(46)47/h4-9,12-15,26-29H,10-11,16-23H2,1-3H3,(H,37,44)(H,38,42)(H,39,43)(H,46,47)/t26-,27-,28+,29+/m0/s1. The Morgan fingerprint density at radius 3 is 2.04 bits per heavy atom. The van der Waals surface area contributed by atoms with Gasteiger partial charge >= 0.3 is 12.1 Å². The fourth-order valence-electron chi connectivity index (χ4n) is 5.97. The van der Waals surface area contributed by atoms with Crippen LogP contribution in [0, 0.1) is 0 Å². The summed E-state index contributed by atoms with van der Waals surface area (Å²) in [7, 11) is 0. The minimum Gasteiger partial charge on any atom is -0.480 e. The molecule has 2 fully saturated rings. The van der Waals surface area contributed by atoms with Gasteiger partial charge in [0.05, 0.1) is 19.8 Å². The van der Waals surface area contributed by atoms with E-state index in [1.807, 2.05) is 36.4 Å². The molecule has 50 heavy (non-hydrogen) atoms. The lowest BCUT2D eigenvalue weighted by atomic mass is 10.0. The second kappa shape index (κ2) is 17.6. The van der Waals surface area contributed by atoms with Crippen molar-refractivity contribution in [2.45, 2.75) is 89.3 Å². The summed E-state index contributed by atoms with van der Waals surface area (Å²) >= 11 is 0. The van der Waals surface area contributed by atoms with Crippen molar-refractivity contribution in [3.05, 3.63) is 71.8 Å². The van der Waals surface area contributed by atoms with Gasteiger partial charge in [-0.3, -0.25) is 24.1 Å². The molecule has 0 bridgehead atoms. The highest BCUT2D eigenvalue weighted by atomic mass is 16.6. The van der Waals surface area contributed by atoms with Crippen LogP contribution < -0.4 is 16.0 Å². The molecule has 0 unspecified atom stereocenters. The number of likely N-dealkylation sites (tertiary alicyclic amines) is 2. The van der Waals surface area contributed by atoms with Crippen molar-refractivity contribution < 1.29 is 43.3 Å². The van der Waals surface area contributed by atoms with E-state index in [0.29, 0.717) is 32.2 Å². The zero-order valence-electron chi connectivity index (χ0n) is 28.8. The van der Waals surface area contributed by atoms with E-state index in [4.69, 9.17) is 9.47 Å². The predicted octanol–water partition coefficient (Wildman–Crippen LogP) is 2.01. The summed E-state index contributed by atoms with van der Waals surface area (Å²) in [4.78, 5) is 80.8. The van der Waals surface area contributed by atoms with Crippen molar-refractivity contribution in [3.63, 3.8) is 0 Å².